The Labute approximate surface area is 114 Å². The molecule has 2 N–H and O–H groups in total. The third-order valence-electron chi connectivity index (χ3n) is 2.46. The first-order valence-corrected chi connectivity index (χ1v) is 6.12. The van der Waals surface area contributed by atoms with Gasteiger partial charge < -0.3 is 15.0 Å². The minimum absolute atomic E-state index is 0.00383. The third-order valence-corrected chi connectivity index (χ3v) is 2.75. The van der Waals surface area contributed by atoms with Gasteiger partial charge in [-0.25, -0.2) is 4.39 Å². The molecule has 0 saturated carbocycles. The average Bonchev–Trinajstić information content (AvgIpc) is 2.88. The molecule has 19 heavy (non-hydrogen) atoms. The fraction of sp³-hybridized carbons (Fsp3) is 0.333. The third kappa shape index (κ3) is 3.09. The zero-order chi connectivity index (χ0) is 13.8. The van der Waals surface area contributed by atoms with Gasteiger partial charge in [0.25, 0.3) is 5.89 Å². The van der Waals surface area contributed by atoms with E-state index in [4.69, 9.17) is 26.6 Å². The van der Waals surface area contributed by atoms with Gasteiger partial charge >= 0.3 is 0 Å². The fourth-order valence-electron chi connectivity index (χ4n) is 1.48. The van der Waals surface area contributed by atoms with E-state index in [9.17, 15) is 4.39 Å². The van der Waals surface area contributed by atoms with Crippen LogP contribution in [0.2, 0.25) is 5.02 Å². The van der Waals surface area contributed by atoms with E-state index in [2.05, 4.69) is 10.1 Å². The standard InChI is InChI=1S/C12H13ClFN3O2/c1-2-18-6-9(15)11-16-12(19-17-11)7-4-3-5-8(13)10(7)14/h3-5,9H,2,6,15H2,1H3. The summed E-state index contributed by atoms with van der Waals surface area (Å²) in [6, 6.07) is 4.04. The van der Waals surface area contributed by atoms with E-state index >= 15 is 0 Å². The molecule has 1 unspecified atom stereocenters. The summed E-state index contributed by atoms with van der Waals surface area (Å²) < 4.78 is 23.9. The first-order valence-electron chi connectivity index (χ1n) is 5.74. The molecule has 0 saturated heterocycles. The molecular weight excluding hydrogens is 273 g/mol. The second kappa shape index (κ2) is 6.10. The van der Waals surface area contributed by atoms with E-state index in [1.807, 2.05) is 6.92 Å². The molecule has 2 aromatic rings. The summed E-state index contributed by atoms with van der Waals surface area (Å²) in [5.41, 5.74) is 5.96. The highest BCUT2D eigenvalue weighted by atomic mass is 35.5. The maximum Gasteiger partial charge on any atom is 0.261 e. The lowest BCUT2D eigenvalue weighted by Crippen LogP contribution is -2.18. The van der Waals surface area contributed by atoms with Crippen molar-refractivity contribution in [3.63, 3.8) is 0 Å². The number of halogens is 2. The molecule has 0 aliphatic heterocycles. The highest BCUT2D eigenvalue weighted by Gasteiger charge is 2.18. The lowest BCUT2D eigenvalue weighted by Gasteiger charge is -2.05. The van der Waals surface area contributed by atoms with E-state index in [1.54, 1.807) is 6.07 Å². The van der Waals surface area contributed by atoms with E-state index in [0.717, 1.165) is 0 Å². The van der Waals surface area contributed by atoms with Gasteiger partial charge in [0.1, 0.15) is 0 Å². The lowest BCUT2D eigenvalue weighted by atomic mass is 10.2. The van der Waals surface area contributed by atoms with Crippen LogP contribution in [0.15, 0.2) is 22.7 Å². The number of hydrogen-bond acceptors (Lipinski definition) is 5. The summed E-state index contributed by atoms with van der Waals surface area (Å²) in [6.07, 6.45) is 0. The van der Waals surface area contributed by atoms with Crippen molar-refractivity contribution in [1.29, 1.82) is 0 Å². The van der Waals surface area contributed by atoms with E-state index in [1.165, 1.54) is 12.1 Å². The van der Waals surface area contributed by atoms with Gasteiger partial charge in [0.15, 0.2) is 11.6 Å². The summed E-state index contributed by atoms with van der Waals surface area (Å²) in [5, 5.41) is 3.71. The van der Waals surface area contributed by atoms with Crippen LogP contribution in [0.4, 0.5) is 4.39 Å². The Morgan fingerprint density at radius 1 is 1.53 bits per heavy atom. The second-order valence-corrected chi connectivity index (χ2v) is 4.23. The van der Waals surface area contributed by atoms with Crippen molar-refractivity contribution in [1.82, 2.24) is 10.1 Å². The zero-order valence-electron chi connectivity index (χ0n) is 10.3. The van der Waals surface area contributed by atoms with Gasteiger partial charge in [-0.2, -0.15) is 4.98 Å². The maximum absolute atomic E-state index is 13.8. The molecular formula is C12H13ClFN3O2. The van der Waals surface area contributed by atoms with Crippen LogP contribution < -0.4 is 5.73 Å². The van der Waals surface area contributed by atoms with Gasteiger partial charge in [-0.3, -0.25) is 0 Å². The molecule has 0 spiro atoms. The van der Waals surface area contributed by atoms with Crippen LogP contribution in [0.5, 0.6) is 0 Å². The normalized spacial score (nSPS) is 12.6. The number of rotatable bonds is 5. The minimum atomic E-state index is -0.599. The zero-order valence-corrected chi connectivity index (χ0v) is 11.0. The molecule has 2 rings (SSSR count). The fourth-order valence-corrected chi connectivity index (χ4v) is 1.66. The van der Waals surface area contributed by atoms with Gasteiger partial charge in [0, 0.05) is 6.61 Å². The Bertz CT molecular complexity index is 562. The highest BCUT2D eigenvalue weighted by Crippen LogP contribution is 2.26. The molecule has 0 amide bonds. The van der Waals surface area contributed by atoms with Crippen molar-refractivity contribution in [3.8, 4) is 11.5 Å². The van der Waals surface area contributed by atoms with Gasteiger partial charge in [-0.15, -0.1) is 0 Å². The molecule has 0 bridgehead atoms. The van der Waals surface area contributed by atoms with Crippen molar-refractivity contribution in [2.75, 3.05) is 13.2 Å². The summed E-state index contributed by atoms with van der Waals surface area (Å²) >= 11 is 5.69. The molecule has 1 atom stereocenters. The molecule has 0 radical (unpaired) electrons. The van der Waals surface area contributed by atoms with Gasteiger partial charge in [-0.1, -0.05) is 22.8 Å². The van der Waals surface area contributed by atoms with Crippen molar-refractivity contribution in [3.05, 3.63) is 34.9 Å². The first kappa shape index (κ1) is 13.9. The Balaban J connectivity index is 2.23. The summed E-state index contributed by atoms with van der Waals surface area (Å²) in [4.78, 5) is 4.05. The number of nitrogens with two attached hydrogens (primary N) is 1. The number of benzene rings is 1. The number of hydrogen-bond donors (Lipinski definition) is 1. The van der Waals surface area contributed by atoms with Crippen molar-refractivity contribution in [2.45, 2.75) is 13.0 Å². The quantitative estimate of drug-likeness (QED) is 0.914. The Morgan fingerprint density at radius 3 is 3.05 bits per heavy atom. The molecule has 102 valence electrons. The largest absolute Gasteiger partial charge is 0.380 e. The van der Waals surface area contributed by atoms with Gasteiger partial charge in [-0.05, 0) is 19.1 Å². The van der Waals surface area contributed by atoms with Crippen LogP contribution in [0.3, 0.4) is 0 Å². The van der Waals surface area contributed by atoms with Crippen LogP contribution >= 0.6 is 11.6 Å². The van der Waals surface area contributed by atoms with Crippen molar-refractivity contribution >= 4 is 11.6 Å². The molecule has 0 aliphatic rings. The summed E-state index contributed by atoms with van der Waals surface area (Å²) in [7, 11) is 0. The number of ether oxygens (including phenoxy) is 1. The highest BCUT2D eigenvalue weighted by molar-refractivity contribution is 6.31. The topological polar surface area (TPSA) is 74.2 Å². The molecule has 7 heteroatoms. The van der Waals surface area contributed by atoms with Crippen LogP contribution in [0.25, 0.3) is 11.5 Å². The van der Waals surface area contributed by atoms with E-state index < -0.39 is 11.9 Å². The van der Waals surface area contributed by atoms with E-state index in [0.29, 0.717) is 6.61 Å². The molecule has 1 heterocycles. The van der Waals surface area contributed by atoms with Gasteiger partial charge in [0.2, 0.25) is 0 Å². The van der Waals surface area contributed by atoms with Crippen LogP contribution in [-0.4, -0.2) is 23.4 Å². The lowest BCUT2D eigenvalue weighted by molar-refractivity contribution is 0.130. The Morgan fingerprint density at radius 2 is 2.32 bits per heavy atom. The average molecular weight is 286 g/mol. The smallest absolute Gasteiger partial charge is 0.261 e. The van der Waals surface area contributed by atoms with Crippen molar-refractivity contribution in [2.24, 2.45) is 5.73 Å². The maximum atomic E-state index is 13.8. The predicted octanol–water partition coefficient (Wildman–Crippen LogP) is 2.57. The minimum Gasteiger partial charge on any atom is -0.380 e. The molecule has 1 aromatic carbocycles. The van der Waals surface area contributed by atoms with Crippen LogP contribution in [-0.2, 0) is 4.74 Å². The SMILES string of the molecule is CCOCC(N)c1noc(-c2cccc(Cl)c2F)n1. The molecule has 1 aromatic heterocycles. The van der Waals surface area contributed by atoms with Crippen LogP contribution in [0, 0.1) is 5.82 Å². The molecule has 5 nitrogen and oxygen atoms in total. The monoisotopic (exact) mass is 285 g/mol. The molecule has 0 aliphatic carbocycles. The Kier molecular flexibility index (Phi) is 4.47. The molecule has 0 fully saturated rings. The van der Waals surface area contributed by atoms with Gasteiger partial charge in [0.05, 0.1) is 23.2 Å². The van der Waals surface area contributed by atoms with Crippen LogP contribution in [0.1, 0.15) is 18.8 Å². The Hall–Kier alpha value is -1.50. The van der Waals surface area contributed by atoms with E-state index in [-0.39, 0.29) is 28.9 Å². The summed E-state index contributed by atoms with van der Waals surface area (Å²) in [6.45, 7) is 2.67. The first-order chi connectivity index (χ1) is 9.13. The second-order valence-electron chi connectivity index (χ2n) is 3.83. The number of nitrogens with zero attached hydrogens (tertiary/aromatic N) is 2. The van der Waals surface area contributed by atoms with Crippen molar-refractivity contribution < 1.29 is 13.7 Å². The summed E-state index contributed by atoms with van der Waals surface area (Å²) in [5.74, 6) is -0.289. The number of aromatic nitrogens is 2. The predicted molar refractivity (Wildman–Crippen MR) is 68.1 cm³/mol.